The minimum atomic E-state index is 0.704. The fraction of sp³-hybridized carbons (Fsp3) is 0.500. The maximum absolute atomic E-state index is 6.04. The molecule has 0 bridgehead atoms. The molecule has 66 valence electrons. The summed E-state index contributed by atoms with van der Waals surface area (Å²) in [4.78, 5) is 8.46. The van der Waals surface area contributed by atoms with E-state index < -0.39 is 0 Å². The summed E-state index contributed by atoms with van der Waals surface area (Å²) in [5.41, 5.74) is 0.938. The average Bonchev–Trinajstić information content (AvgIpc) is 2.08. The quantitative estimate of drug-likeness (QED) is 0.545. The summed E-state index contributed by atoms with van der Waals surface area (Å²) in [6.07, 6.45) is 2.82. The molecule has 0 fully saturated rings. The van der Waals surface area contributed by atoms with Gasteiger partial charge in [0, 0.05) is 0 Å². The van der Waals surface area contributed by atoms with Gasteiger partial charge in [0.05, 0.1) is 10.7 Å². The van der Waals surface area contributed by atoms with Crippen LogP contribution in [0.25, 0.3) is 0 Å². The highest BCUT2D eigenvalue weighted by Crippen LogP contribution is 2.25. The van der Waals surface area contributed by atoms with Crippen molar-refractivity contribution < 1.29 is 0 Å². The Labute approximate surface area is 81.8 Å². The summed E-state index contributed by atoms with van der Waals surface area (Å²) in [5.74, 6) is 0.792. The topological polar surface area (TPSA) is 25.8 Å². The lowest BCUT2D eigenvalue weighted by atomic mass is 10.3. The first-order valence-corrected chi connectivity index (χ1v) is 5.36. The zero-order valence-corrected chi connectivity index (χ0v) is 8.96. The van der Waals surface area contributed by atoms with Crippen LogP contribution in [0.2, 0.25) is 5.02 Å². The Kier molecular flexibility index (Phi) is 3.35. The van der Waals surface area contributed by atoms with Gasteiger partial charge in [-0.1, -0.05) is 18.5 Å². The number of aryl methyl sites for hydroxylation is 2. The summed E-state index contributed by atoms with van der Waals surface area (Å²) in [6, 6.07) is 0. The summed E-state index contributed by atoms with van der Waals surface area (Å²) in [6.45, 7) is 3.92. The molecule has 0 radical (unpaired) electrons. The van der Waals surface area contributed by atoms with E-state index in [0.717, 1.165) is 23.0 Å². The van der Waals surface area contributed by atoms with E-state index >= 15 is 0 Å². The smallest absolute Gasteiger partial charge is 0.126 e. The van der Waals surface area contributed by atoms with Crippen molar-refractivity contribution in [3.8, 4) is 0 Å². The molecule has 1 heterocycles. The Morgan fingerprint density at radius 1 is 1.42 bits per heavy atom. The van der Waals surface area contributed by atoms with Gasteiger partial charge in [0.25, 0.3) is 0 Å². The Morgan fingerprint density at radius 2 is 2.08 bits per heavy atom. The monoisotopic (exact) mass is 202 g/mol. The van der Waals surface area contributed by atoms with Crippen molar-refractivity contribution in [2.75, 3.05) is 6.26 Å². The highest BCUT2D eigenvalue weighted by molar-refractivity contribution is 7.98. The Bertz CT molecular complexity index is 263. The standard InChI is InChI=1S/C8H11ClN2S/c1-4-6-7(9)8(12-3)11-5(2)10-6/h4H2,1-3H3. The molecule has 2 nitrogen and oxygen atoms in total. The second kappa shape index (κ2) is 4.10. The molecule has 0 unspecified atom stereocenters. The molecule has 0 amide bonds. The molecule has 0 aliphatic rings. The molecular formula is C8H11ClN2S. The van der Waals surface area contributed by atoms with Crippen LogP contribution in [-0.2, 0) is 6.42 Å². The number of aromatic nitrogens is 2. The molecular weight excluding hydrogens is 192 g/mol. The molecule has 0 N–H and O–H groups in total. The summed E-state index contributed by atoms with van der Waals surface area (Å²) < 4.78 is 0. The Morgan fingerprint density at radius 3 is 2.58 bits per heavy atom. The highest BCUT2D eigenvalue weighted by atomic mass is 35.5. The Hall–Kier alpha value is -0.280. The van der Waals surface area contributed by atoms with Gasteiger partial charge in [0.2, 0.25) is 0 Å². The van der Waals surface area contributed by atoms with Crippen molar-refractivity contribution in [1.29, 1.82) is 0 Å². The van der Waals surface area contributed by atoms with E-state index in [1.165, 1.54) is 0 Å². The van der Waals surface area contributed by atoms with Crippen molar-refractivity contribution in [2.45, 2.75) is 25.3 Å². The van der Waals surface area contributed by atoms with Gasteiger partial charge in [-0.2, -0.15) is 0 Å². The molecule has 12 heavy (non-hydrogen) atoms. The third-order valence-corrected chi connectivity index (χ3v) is 2.72. The van der Waals surface area contributed by atoms with E-state index in [4.69, 9.17) is 11.6 Å². The van der Waals surface area contributed by atoms with Crippen LogP contribution in [0.3, 0.4) is 0 Å². The lowest BCUT2D eigenvalue weighted by molar-refractivity contribution is 0.897. The van der Waals surface area contributed by atoms with Crippen molar-refractivity contribution in [1.82, 2.24) is 9.97 Å². The first-order chi connectivity index (χ1) is 5.69. The van der Waals surface area contributed by atoms with Crippen LogP contribution >= 0.6 is 23.4 Å². The predicted molar refractivity (Wildman–Crippen MR) is 52.9 cm³/mol. The molecule has 0 aliphatic heterocycles. The molecule has 0 saturated heterocycles. The third kappa shape index (κ3) is 1.90. The van der Waals surface area contributed by atoms with Gasteiger partial charge in [0.1, 0.15) is 10.9 Å². The number of nitrogens with zero attached hydrogens (tertiary/aromatic N) is 2. The zero-order valence-electron chi connectivity index (χ0n) is 7.39. The van der Waals surface area contributed by atoms with Crippen LogP contribution in [0.5, 0.6) is 0 Å². The first-order valence-electron chi connectivity index (χ1n) is 3.76. The van der Waals surface area contributed by atoms with Crippen LogP contribution in [0.4, 0.5) is 0 Å². The predicted octanol–water partition coefficient (Wildman–Crippen LogP) is 2.72. The van der Waals surface area contributed by atoms with Gasteiger partial charge in [-0.25, -0.2) is 9.97 Å². The van der Waals surface area contributed by atoms with E-state index in [2.05, 4.69) is 9.97 Å². The van der Waals surface area contributed by atoms with Crippen LogP contribution in [0.15, 0.2) is 5.03 Å². The van der Waals surface area contributed by atoms with Gasteiger partial charge in [0.15, 0.2) is 0 Å². The van der Waals surface area contributed by atoms with Crippen molar-refractivity contribution >= 4 is 23.4 Å². The van der Waals surface area contributed by atoms with Crippen LogP contribution in [-0.4, -0.2) is 16.2 Å². The molecule has 4 heteroatoms. The van der Waals surface area contributed by atoms with Gasteiger partial charge in [-0.3, -0.25) is 0 Å². The maximum atomic E-state index is 6.04. The maximum Gasteiger partial charge on any atom is 0.126 e. The number of hydrogen-bond acceptors (Lipinski definition) is 3. The SMILES string of the molecule is CCc1nc(C)nc(SC)c1Cl. The van der Waals surface area contributed by atoms with Gasteiger partial charge in [-0.15, -0.1) is 11.8 Å². The Balaban J connectivity index is 3.22. The molecule has 1 aromatic heterocycles. The van der Waals surface area contributed by atoms with Crippen LogP contribution in [0, 0.1) is 6.92 Å². The fourth-order valence-corrected chi connectivity index (χ4v) is 1.93. The van der Waals surface area contributed by atoms with Crippen LogP contribution < -0.4 is 0 Å². The summed E-state index contributed by atoms with van der Waals surface area (Å²) in [5, 5.41) is 1.58. The van der Waals surface area contributed by atoms with Crippen molar-refractivity contribution in [3.05, 3.63) is 16.5 Å². The molecule has 0 aliphatic carbocycles. The normalized spacial score (nSPS) is 10.3. The van der Waals surface area contributed by atoms with Gasteiger partial charge < -0.3 is 0 Å². The van der Waals surface area contributed by atoms with E-state index in [-0.39, 0.29) is 0 Å². The number of halogens is 1. The highest BCUT2D eigenvalue weighted by Gasteiger charge is 2.07. The number of hydrogen-bond donors (Lipinski definition) is 0. The molecule has 0 spiro atoms. The third-order valence-electron chi connectivity index (χ3n) is 1.53. The van der Waals surface area contributed by atoms with E-state index in [0.29, 0.717) is 5.02 Å². The van der Waals surface area contributed by atoms with E-state index in [9.17, 15) is 0 Å². The second-order valence-electron chi connectivity index (χ2n) is 2.39. The van der Waals surface area contributed by atoms with E-state index in [1.54, 1.807) is 11.8 Å². The van der Waals surface area contributed by atoms with Crippen molar-refractivity contribution in [3.63, 3.8) is 0 Å². The average molecular weight is 203 g/mol. The molecule has 1 aromatic rings. The van der Waals surface area contributed by atoms with Gasteiger partial charge >= 0.3 is 0 Å². The molecule has 0 atom stereocenters. The summed E-state index contributed by atoms with van der Waals surface area (Å²) in [7, 11) is 0. The molecule has 1 rings (SSSR count). The second-order valence-corrected chi connectivity index (χ2v) is 3.57. The van der Waals surface area contributed by atoms with Crippen molar-refractivity contribution in [2.24, 2.45) is 0 Å². The summed E-state index contributed by atoms with van der Waals surface area (Å²) >= 11 is 7.59. The number of rotatable bonds is 2. The fourth-order valence-electron chi connectivity index (χ4n) is 0.958. The number of thioether (sulfide) groups is 1. The molecule has 0 saturated carbocycles. The lowest BCUT2D eigenvalue weighted by Gasteiger charge is -2.05. The molecule has 0 aromatic carbocycles. The lowest BCUT2D eigenvalue weighted by Crippen LogP contribution is -1.97. The minimum Gasteiger partial charge on any atom is -0.237 e. The van der Waals surface area contributed by atoms with E-state index in [1.807, 2.05) is 20.1 Å². The zero-order chi connectivity index (χ0) is 9.14. The first kappa shape index (κ1) is 9.81. The van der Waals surface area contributed by atoms with Gasteiger partial charge in [-0.05, 0) is 19.6 Å². The van der Waals surface area contributed by atoms with Crippen LogP contribution in [0.1, 0.15) is 18.4 Å². The minimum absolute atomic E-state index is 0.704. The largest absolute Gasteiger partial charge is 0.237 e.